The van der Waals surface area contributed by atoms with Crippen molar-refractivity contribution < 1.29 is 0 Å². The van der Waals surface area contributed by atoms with Crippen LogP contribution in [0.3, 0.4) is 0 Å². The zero-order chi connectivity index (χ0) is 11.2. The van der Waals surface area contributed by atoms with Gasteiger partial charge in [0, 0.05) is 37.8 Å². The highest BCUT2D eigenvalue weighted by Crippen LogP contribution is 1.96. The van der Waals surface area contributed by atoms with Gasteiger partial charge in [0.15, 0.2) is 5.82 Å². The molecular weight excluding hydrogens is 206 g/mol. The first-order chi connectivity index (χ1) is 7.86. The number of hydrogen-bond acceptors (Lipinski definition) is 4. The Bertz CT molecular complexity index is 476. The molecule has 0 unspecified atom stereocenters. The average molecular weight is 219 g/mol. The first-order valence-corrected chi connectivity index (χ1v) is 5.12. The van der Waals surface area contributed by atoms with Crippen LogP contribution >= 0.6 is 0 Å². The quantitative estimate of drug-likeness (QED) is 0.640. The number of H-pyrrole nitrogens is 2. The topological polar surface area (TPSA) is 86.5 Å². The summed E-state index contributed by atoms with van der Waals surface area (Å²) in [6.45, 7) is 0.695. The zero-order valence-corrected chi connectivity index (χ0v) is 8.73. The molecule has 0 saturated heterocycles. The first-order valence-electron chi connectivity index (χ1n) is 5.12. The van der Waals surface area contributed by atoms with Crippen LogP contribution in [0.25, 0.3) is 0 Å². The Morgan fingerprint density at radius 3 is 2.75 bits per heavy atom. The van der Waals surface area contributed by atoms with Crippen molar-refractivity contribution in [3.8, 4) is 0 Å². The number of nitrogens with one attached hydrogen (secondary N) is 3. The third-order valence-corrected chi connectivity index (χ3v) is 2.15. The molecule has 0 aliphatic carbocycles. The third kappa shape index (κ3) is 2.69. The molecule has 16 heavy (non-hydrogen) atoms. The largest absolute Gasteiger partial charge is 0.365 e. The zero-order valence-electron chi connectivity index (χ0n) is 8.73. The monoisotopic (exact) mass is 219 g/mol. The fraction of sp³-hybridized carbons (Fsp3) is 0.300. The second kappa shape index (κ2) is 5.11. The van der Waals surface area contributed by atoms with Crippen molar-refractivity contribution in [2.24, 2.45) is 0 Å². The number of imidazole rings is 1. The van der Waals surface area contributed by atoms with Crippen LogP contribution in [0.4, 0.5) is 5.82 Å². The van der Waals surface area contributed by atoms with Crippen molar-refractivity contribution in [3.63, 3.8) is 0 Å². The highest BCUT2D eigenvalue weighted by Gasteiger charge is 1.98. The van der Waals surface area contributed by atoms with Crippen LogP contribution < -0.4 is 10.9 Å². The predicted molar refractivity (Wildman–Crippen MR) is 60.3 cm³/mol. The lowest BCUT2D eigenvalue weighted by Gasteiger charge is -2.02. The molecule has 2 heterocycles. The summed E-state index contributed by atoms with van der Waals surface area (Å²) < 4.78 is 0. The summed E-state index contributed by atoms with van der Waals surface area (Å²) in [5, 5.41) is 2.98. The van der Waals surface area contributed by atoms with E-state index in [9.17, 15) is 4.79 Å². The molecular formula is C10H13N5O. The minimum absolute atomic E-state index is 0.194. The molecule has 2 aromatic rings. The highest BCUT2D eigenvalue weighted by atomic mass is 16.1. The van der Waals surface area contributed by atoms with E-state index in [1.807, 2.05) is 0 Å². The van der Waals surface area contributed by atoms with E-state index in [2.05, 4.69) is 25.3 Å². The van der Waals surface area contributed by atoms with Crippen molar-refractivity contribution >= 4 is 5.82 Å². The molecule has 0 aliphatic heterocycles. The summed E-state index contributed by atoms with van der Waals surface area (Å²) in [7, 11) is 0. The summed E-state index contributed by atoms with van der Waals surface area (Å²) >= 11 is 0. The Morgan fingerprint density at radius 1 is 1.19 bits per heavy atom. The van der Waals surface area contributed by atoms with Crippen LogP contribution in [0.2, 0.25) is 0 Å². The molecule has 6 heteroatoms. The van der Waals surface area contributed by atoms with E-state index < -0.39 is 0 Å². The van der Waals surface area contributed by atoms with E-state index in [0.717, 1.165) is 18.7 Å². The van der Waals surface area contributed by atoms with E-state index in [0.29, 0.717) is 12.4 Å². The Morgan fingerprint density at radius 2 is 2.00 bits per heavy atom. The van der Waals surface area contributed by atoms with Gasteiger partial charge in [-0.2, -0.15) is 0 Å². The number of nitrogens with zero attached hydrogens (tertiary/aromatic N) is 2. The van der Waals surface area contributed by atoms with E-state index in [4.69, 9.17) is 0 Å². The fourth-order valence-electron chi connectivity index (χ4n) is 1.37. The maximum absolute atomic E-state index is 11.2. The second-order valence-corrected chi connectivity index (χ2v) is 3.33. The molecule has 0 amide bonds. The minimum Gasteiger partial charge on any atom is -0.365 e. The van der Waals surface area contributed by atoms with E-state index >= 15 is 0 Å². The standard InChI is InChI=1S/C10H13N5O/c16-10-9(14-6-7-15-10)13-3-1-2-8-11-4-5-12-8/h4-7H,1-3H2,(H,11,12)(H,13,14)(H,15,16). The molecule has 84 valence electrons. The summed E-state index contributed by atoms with van der Waals surface area (Å²) in [6, 6.07) is 0. The lowest BCUT2D eigenvalue weighted by molar-refractivity contribution is 0.812. The van der Waals surface area contributed by atoms with Crippen molar-refractivity contribution in [2.75, 3.05) is 11.9 Å². The maximum Gasteiger partial charge on any atom is 0.290 e. The second-order valence-electron chi connectivity index (χ2n) is 3.33. The smallest absolute Gasteiger partial charge is 0.290 e. The molecule has 2 aromatic heterocycles. The Hall–Kier alpha value is -2.11. The van der Waals surface area contributed by atoms with Crippen LogP contribution in [-0.4, -0.2) is 26.5 Å². The lowest BCUT2D eigenvalue weighted by Crippen LogP contribution is -2.16. The molecule has 0 aromatic carbocycles. The van der Waals surface area contributed by atoms with Gasteiger partial charge in [0.2, 0.25) is 0 Å². The summed E-state index contributed by atoms with van der Waals surface area (Å²) in [4.78, 5) is 24.9. The summed E-state index contributed by atoms with van der Waals surface area (Å²) in [6.07, 6.45) is 8.33. The molecule has 0 bridgehead atoms. The van der Waals surface area contributed by atoms with Crippen LogP contribution in [-0.2, 0) is 6.42 Å². The molecule has 0 saturated carbocycles. The normalized spacial score (nSPS) is 10.2. The van der Waals surface area contributed by atoms with Gasteiger partial charge in [0.05, 0.1) is 0 Å². The number of aryl methyl sites for hydroxylation is 1. The van der Waals surface area contributed by atoms with Gasteiger partial charge >= 0.3 is 0 Å². The van der Waals surface area contributed by atoms with Gasteiger partial charge in [0.25, 0.3) is 5.56 Å². The number of aromatic amines is 2. The average Bonchev–Trinajstić information content (AvgIpc) is 2.79. The fourth-order valence-corrected chi connectivity index (χ4v) is 1.37. The molecule has 6 nitrogen and oxygen atoms in total. The summed E-state index contributed by atoms with van der Waals surface area (Å²) in [5.74, 6) is 1.32. The van der Waals surface area contributed by atoms with E-state index in [1.165, 1.54) is 6.20 Å². The molecule has 0 fully saturated rings. The highest BCUT2D eigenvalue weighted by molar-refractivity contribution is 5.29. The van der Waals surface area contributed by atoms with Gasteiger partial charge in [-0.3, -0.25) is 4.79 Å². The van der Waals surface area contributed by atoms with E-state index in [1.54, 1.807) is 18.6 Å². The number of aromatic nitrogens is 4. The third-order valence-electron chi connectivity index (χ3n) is 2.15. The van der Waals surface area contributed by atoms with Crippen LogP contribution in [0.5, 0.6) is 0 Å². The van der Waals surface area contributed by atoms with E-state index in [-0.39, 0.29) is 5.56 Å². The van der Waals surface area contributed by atoms with Crippen molar-refractivity contribution in [1.29, 1.82) is 0 Å². The predicted octanol–water partition coefficient (Wildman–Crippen LogP) is 0.538. The minimum atomic E-state index is -0.194. The van der Waals surface area contributed by atoms with Crippen LogP contribution in [0.15, 0.2) is 29.6 Å². The van der Waals surface area contributed by atoms with Gasteiger partial charge in [-0.05, 0) is 6.42 Å². The van der Waals surface area contributed by atoms with Gasteiger partial charge in [-0.25, -0.2) is 9.97 Å². The molecule has 0 radical (unpaired) electrons. The molecule has 0 aliphatic rings. The maximum atomic E-state index is 11.2. The number of rotatable bonds is 5. The number of hydrogen-bond donors (Lipinski definition) is 3. The van der Waals surface area contributed by atoms with Gasteiger partial charge < -0.3 is 15.3 Å². The van der Waals surface area contributed by atoms with Gasteiger partial charge in [-0.15, -0.1) is 0 Å². The Balaban J connectivity index is 1.76. The summed E-state index contributed by atoms with van der Waals surface area (Å²) in [5.41, 5.74) is -0.194. The SMILES string of the molecule is O=c1[nH]ccnc1NCCCc1ncc[nH]1. The molecule has 2 rings (SSSR count). The van der Waals surface area contributed by atoms with Crippen molar-refractivity contribution in [3.05, 3.63) is 41.0 Å². The molecule has 0 spiro atoms. The first kappa shape index (κ1) is 10.4. The molecule has 0 atom stereocenters. The Kier molecular flexibility index (Phi) is 3.32. The van der Waals surface area contributed by atoms with Crippen LogP contribution in [0.1, 0.15) is 12.2 Å². The van der Waals surface area contributed by atoms with Gasteiger partial charge in [-0.1, -0.05) is 0 Å². The lowest BCUT2D eigenvalue weighted by atomic mass is 10.3. The van der Waals surface area contributed by atoms with Crippen molar-refractivity contribution in [2.45, 2.75) is 12.8 Å². The Labute approximate surface area is 92.2 Å². The van der Waals surface area contributed by atoms with Crippen LogP contribution in [0, 0.1) is 0 Å². The molecule has 3 N–H and O–H groups in total. The van der Waals surface area contributed by atoms with Crippen molar-refractivity contribution in [1.82, 2.24) is 19.9 Å². The number of anilines is 1. The van der Waals surface area contributed by atoms with Gasteiger partial charge in [0.1, 0.15) is 5.82 Å².